The first-order valence-corrected chi connectivity index (χ1v) is 4.07. The van der Waals surface area contributed by atoms with Crippen molar-refractivity contribution in [1.82, 2.24) is 0 Å². The molecule has 1 heterocycles. The standard InChI is InChI=1S/C7H13NO6/c8-2-3-7(13,1-4(9)10)5(11)6(12)14-3/h3,5-6,11-13H,1-2,8H2,(H,9,10)/t3-,5-,6+,7+/m1/s1. The summed E-state index contributed by atoms with van der Waals surface area (Å²) in [6, 6.07) is 0. The lowest BCUT2D eigenvalue weighted by atomic mass is 9.89. The van der Waals surface area contributed by atoms with Gasteiger partial charge >= 0.3 is 5.97 Å². The van der Waals surface area contributed by atoms with Crippen molar-refractivity contribution < 1.29 is 30.0 Å². The number of carbonyl (C=O) groups is 1. The molecule has 0 spiro atoms. The Morgan fingerprint density at radius 1 is 1.50 bits per heavy atom. The van der Waals surface area contributed by atoms with Crippen molar-refractivity contribution in [2.75, 3.05) is 6.54 Å². The second kappa shape index (κ2) is 3.79. The zero-order valence-electron chi connectivity index (χ0n) is 7.33. The normalized spacial score (nSPS) is 42.7. The summed E-state index contributed by atoms with van der Waals surface area (Å²) in [4.78, 5) is 10.4. The van der Waals surface area contributed by atoms with Gasteiger partial charge in [0.15, 0.2) is 6.29 Å². The third-order valence-electron chi connectivity index (χ3n) is 2.29. The number of rotatable bonds is 3. The molecule has 1 fully saturated rings. The monoisotopic (exact) mass is 207 g/mol. The molecule has 82 valence electrons. The van der Waals surface area contributed by atoms with Crippen molar-refractivity contribution in [2.45, 2.75) is 30.5 Å². The maximum atomic E-state index is 10.4. The molecule has 1 aliphatic rings. The fourth-order valence-electron chi connectivity index (χ4n) is 1.52. The van der Waals surface area contributed by atoms with Crippen molar-refractivity contribution in [3.8, 4) is 0 Å². The first-order chi connectivity index (χ1) is 6.41. The number of aliphatic carboxylic acids is 1. The summed E-state index contributed by atoms with van der Waals surface area (Å²) in [6.07, 6.45) is -5.07. The smallest absolute Gasteiger partial charge is 0.306 e. The van der Waals surface area contributed by atoms with E-state index in [1.54, 1.807) is 0 Å². The van der Waals surface area contributed by atoms with E-state index < -0.39 is 36.5 Å². The molecule has 1 aliphatic heterocycles. The molecule has 0 saturated carbocycles. The van der Waals surface area contributed by atoms with Crippen LogP contribution in [0.4, 0.5) is 0 Å². The second-order valence-corrected chi connectivity index (χ2v) is 3.26. The molecule has 0 aromatic heterocycles. The van der Waals surface area contributed by atoms with Gasteiger partial charge in [-0.3, -0.25) is 4.79 Å². The molecule has 0 radical (unpaired) electrons. The van der Waals surface area contributed by atoms with E-state index in [1.165, 1.54) is 0 Å². The molecule has 0 amide bonds. The molecule has 7 nitrogen and oxygen atoms in total. The summed E-state index contributed by atoms with van der Waals surface area (Å²) in [5, 5.41) is 36.7. The molecule has 0 bridgehead atoms. The predicted octanol–water partition coefficient (Wildman–Crippen LogP) is -2.77. The van der Waals surface area contributed by atoms with Crippen LogP contribution in [0.1, 0.15) is 6.42 Å². The summed E-state index contributed by atoms with van der Waals surface area (Å²) in [5.41, 5.74) is 3.18. The van der Waals surface area contributed by atoms with Crippen LogP contribution in [0.25, 0.3) is 0 Å². The van der Waals surface area contributed by atoms with Crippen molar-refractivity contribution in [3.05, 3.63) is 0 Å². The average Bonchev–Trinajstić information content (AvgIpc) is 2.28. The SMILES string of the molecule is NC[C@H]1O[C@H](O)[C@@H](O)[C@]1(O)CC(=O)O. The number of aliphatic hydroxyl groups excluding tert-OH is 2. The summed E-state index contributed by atoms with van der Waals surface area (Å²) >= 11 is 0. The Hall–Kier alpha value is -0.730. The molecule has 7 heteroatoms. The fourth-order valence-corrected chi connectivity index (χ4v) is 1.52. The summed E-state index contributed by atoms with van der Waals surface area (Å²) in [5.74, 6) is -1.30. The number of hydrogen-bond acceptors (Lipinski definition) is 6. The third kappa shape index (κ3) is 1.72. The van der Waals surface area contributed by atoms with Gasteiger partial charge in [-0.05, 0) is 0 Å². The molecular weight excluding hydrogens is 194 g/mol. The first-order valence-electron chi connectivity index (χ1n) is 4.07. The summed E-state index contributed by atoms with van der Waals surface area (Å²) < 4.78 is 4.71. The average molecular weight is 207 g/mol. The lowest BCUT2D eigenvalue weighted by Crippen LogP contribution is -2.52. The molecule has 0 aromatic rings. The van der Waals surface area contributed by atoms with Gasteiger partial charge in [0.1, 0.15) is 17.8 Å². The molecule has 14 heavy (non-hydrogen) atoms. The van der Waals surface area contributed by atoms with Crippen LogP contribution in [0.2, 0.25) is 0 Å². The Labute approximate surface area is 79.7 Å². The van der Waals surface area contributed by atoms with Crippen LogP contribution in [-0.4, -0.2) is 57.0 Å². The van der Waals surface area contributed by atoms with E-state index in [0.717, 1.165) is 0 Å². The van der Waals surface area contributed by atoms with Crippen LogP contribution in [0.15, 0.2) is 0 Å². The second-order valence-electron chi connectivity index (χ2n) is 3.26. The van der Waals surface area contributed by atoms with Crippen molar-refractivity contribution in [2.24, 2.45) is 5.73 Å². The molecular formula is C7H13NO6. The lowest BCUT2D eigenvalue weighted by molar-refractivity contribution is -0.150. The van der Waals surface area contributed by atoms with Gasteiger partial charge in [0.2, 0.25) is 0 Å². The van der Waals surface area contributed by atoms with Crippen molar-refractivity contribution >= 4 is 5.97 Å². The minimum atomic E-state index is -2.03. The van der Waals surface area contributed by atoms with Gasteiger partial charge in [0, 0.05) is 6.54 Å². The Bertz CT molecular complexity index is 234. The van der Waals surface area contributed by atoms with E-state index in [1.807, 2.05) is 0 Å². The van der Waals surface area contributed by atoms with Crippen molar-refractivity contribution in [1.29, 1.82) is 0 Å². The van der Waals surface area contributed by atoms with Gasteiger partial charge in [-0.15, -0.1) is 0 Å². The predicted molar refractivity (Wildman–Crippen MR) is 43.1 cm³/mol. The highest BCUT2D eigenvalue weighted by molar-refractivity contribution is 5.68. The van der Waals surface area contributed by atoms with Gasteiger partial charge in [-0.25, -0.2) is 0 Å². The van der Waals surface area contributed by atoms with Crippen LogP contribution in [0.3, 0.4) is 0 Å². The van der Waals surface area contributed by atoms with Gasteiger partial charge in [0.05, 0.1) is 6.42 Å². The van der Waals surface area contributed by atoms with Crippen LogP contribution in [0, 0.1) is 0 Å². The lowest BCUT2D eigenvalue weighted by Gasteiger charge is -2.28. The van der Waals surface area contributed by atoms with Gasteiger partial charge in [0.25, 0.3) is 0 Å². The Kier molecular flexibility index (Phi) is 3.07. The largest absolute Gasteiger partial charge is 0.481 e. The quantitative estimate of drug-likeness (QED) is 0.338. The molecule has 0 aliphatic carbocycles. The van der Waals surface area contributed by atoms with Crippen molar-refractivity contribution in [3.63, 3.8) is 0 Å². The molecule has 1 rings (SSSR count). The van der Waals surface area contributed by atoms with E-state index in [9.17, 15) is 15.0 Å². The number of carboxylic acid groups (broad SMARTS) is 1. The van der Waals surface area contributed by atoms with E-state index in [4.69, 9.17) is 20.7 Å². The highest BCUT2D eigenvalue weighted by Gasteiger charge is 2.55. The maximum Gasteiger partial charge on any atom is 0.306 e. The molecule has 6 N–H and O–H groups in total. The number of nitrogens with two attached hydrogens (primary N) is 1. The summed E-state index contributed by atoms with van der Waals surface area (Å²) in [7, 11) is 0. The van der Waals surface area contributed by atoms with Crippen LogP contribution >= 0.6 is 0 Å². The van der Waals surface area contributed by atoms with Crippen LogP contribution < -0.4 is 5.73 Å². The number of aliphatic hydroxyl groups is 3. The molecule has 1 saturated heterocycles. The fraction of sp³-hybridized carbons (Fsp3) is 0.857. The molecule has 4 atom stereocenters. The number of carboxylic acids is 1. The molecule has 0 unspecified atom stereocenters. The topological polar surface area (TPSA) is 133 Å². The van der Waals surface area contributed by atoms with Crippen LogP contribution in [0.5, 0.6) is 0 Å². The Balaban J connectivity index is 2.85. The minimum Gasteiger partial charge on any atom is -0.481 e. The Morgan fingerprint density at radius 3 is 2.50 bits per heavy atom. The van der Waals surface area contributed by atoms with Gasteiger partial charge in [-0.1, -0.05) is 0 Å². The maximum absolute atomic E-state index is 10.4. The number of hydrogen-bond donors (Lipinski definition) is 5. The van der Waals surface area contributed by atoms with Gasteiger partial charge < -0.3 is 30.9 Å². The zero-order chi connectivity index (χ0) is 10.9. The zero-order valence-corrected chi connectivity index (χ0v) is 7.33. The van der Waals surface area contributed by atoms with E-state index in [0.29, 0.717) is 0 Å². The highest BCUT2D eigenvalue weighted by Crippen LogP contribution is 2.32. The summed E-state index contributed by atoms with van der Waals surface area (Å²) in [6.45, 7) is -0.183. The van der Waals surface area contributed by atoms with E-state index in [2.05, 4.69) is 0 Å². The molecule has 0 aromatic carbocycles. The highest BCUT2D eigenvalue weighted by atomic mass is 16.6. The third-order valence-corrected chi connectivity index (χ3v) is 2.29. The van der Waals surface area contributed by atoms with Gasteiger partial charge in [-0.2, -0.15) is 0 Å². The van der Waals surface area contributed by atoms with E-state index in [-0.39, 0.29) is 6.54 Å². The van der Waals surface area contributed by atoms with Crippen LogP contribution in [-0.2, 0) is 9.53 Å². The number of ether oxygens (including phenoxy) is 1. The van der Waals surface area contributed by atoms with E-state index >= 15 is 0 Å². The first kappa shape index (κ1) is 11.3. The minimum absolute atomic E-state index is 0.183. The Morgan fingerprint density at radius 2 is 2.07 bits per heavy atom.